The summed E-state index contributed by atoms with van der Waals surface area (Å²) in [6.07, 6.45) is 0. The number of esters is 1. The Morgan fingerprint density at radius 1 is 1.13 bits per heavy atom. The SMILES string of the molecule is Cc1cc(Cl)ccc1OCC(=O)Oc1cc(-c2ccc(F)cc2)c2oc(=O)sc2c1. The van der Waals surface area contributed by atoms with Crippen molar-refractivity contribution in [3.8, 4) is 22.6 Å². The van der Waals surface area contributed by atoms with E-state index in [9.17, 15) is 14.0 Å². The monoisotopic (exact) mass is 444 g/mol. The maximum absolute atomic E-state index is 13.3. The molecule has 0 spiro atoms. The molecule has 0 amide bonds. The largest absolute Gasteiger partial charge is 0.482 e. The van der Waals surface area contributed by atoms with Gasteiger partial charge in [0.2, 0.25) is 0 Å². The van der Waals surface area contributed by atoms with Gasteiger partial charge >= 0.3 is 10.9 Å². The van der Waals surface area contributed by atoms with Crippen molar-refractivity contribution in [1.29, 1.82) is 0 Å². The van der Waals surface area contributed by atoms with Crippen LogP contribution in [0.25, 0.3) is 21.4 Å². The summed E-state index contributed by atoms with van der Waals surface area (Å²) in [6, 6.07) is 13.9. The van der Waals surface area contributed by atoms with Gasteiger partial charge < -0.3 is 13.9 Å². The molecule has 4 aromatic rings. The molecule has 0 atom stereocenters. The van der Waals surface area contributed by atoms with Gasteiger partial charge in [-0.25, -0.2) is 14.0 Å². The number of carbonyl (C=O) groups is 1. The number of ether oxygens (including phenoxy) is 2. The first kappa shape index (κ1) is 20.1. The molecule has 1 aromatic heterocycles. The van der Waals surface area contributed by atoms with Gasteiger partial charge in [0, 0.05) is 16.7 Å². The third-order valence-corrected chi connectivity index (χ3v) is 5.28. The van der Waals surface area contributed by atoms with Crippen molar-refractivity contribution < 1.29 is 23.1 Å². The van der Waals surface area contributed by atoms with Crippen LogP contribution in [0.1, 0.15) is 5.56 Å². The molecule has 0 saturated carbocycles. The van der Waals surface area contributed by atoms with Crippen LogP contribution in [-0.2, 0) is 4.79 Å². The fourth-order valence-corrected chi connectivity index (χ4v) is 3.88. The van der Waals surface area contributed by atoms with E-state index < -0.39 is 10.9 Å². The molecular weight excluding hydrogens is 431 g/mol. The number of carbonyl (C=O) groups excluding carboxylic acids is 1. The van der Waals surface area contributed by atoms with Crippen molar-refractivity contribution in [2.45, 2.75) is 6.92 Å². The highest BCUT2D eigenvalue weighted by Gasteiger charge is 2.15. The average molecular weight is 445 g/mol. The van der Waals surface area contributed by atoms with Gasteiger partial charge in [-0.2, -0.15) is 0 Å². The molecule has 0 saturated heterocycles. The van der Waals surface area contributed by atoms with Gasteiger partial charge in [-0.05, 0) is 54.4 Å². The van der Waals surface area contributed by atoms with E-state index in [0.717, 1.165) is 16.9 Å². The first-order chi connectivity index (χ1) is 14.4. The molecule has 0 aliphatic heterocycles. The molecule has 5 nitrogen and oxygen atoms in total. The zero-order valence-electron chi connectivity index (χ0n) is 15.6. The van der Waals surface area contributed by atoms with E-state index >= 15 is 0 Å². The molecule has 0 aliphatic rings. The topological polar surface area (TPSA) is 65.7 Å². The van der Waals surface area contributed by atoms with Crippen LogP contribution < -0.4 is 14.4 Å². The van der Waals surface area contributed by atoms with Crippen LogP contribution in [0.5, 0.6) is 11.5 Å². The van der Waals surface area contributed by atoms with Crippen LogP contribution in [0.15, 0.2) is 63.8 Å². The fourth-order valence-electron chi connectivity index (χ4n) is 2.93. The number of hydrogen-bond acceptors (Lipinski definition) is 6. The number of rotatable bonds is 5. The molecule has 4 rings (SSSR count). The van der Waals surface area contributed by atoms with Crippen LogP contribution in [-0.4, -0.2) is 12.6 Å². The summed E-state index contributed by atoms with van der Waals surface area (Å²) in [4.78, 5) is 23.5. The lowest BCUT2D eigenvalue weighted by Crippen LogP contribution is -2.18. The minimum atomic E-state index is -0.621. The van der Waals surface area contributed by atoms with Crippen LogP contribution in [0, 0.1) is 12.7 Å². The molecule has 0 bridgehead atoms. The molecule has 1 heterocycles. The Kier molecular flexibility index (Phi) is 5.57. The highest BCUT2D eigenvalue weighted by molar-refractivity contribution is 7.16. The van der Waals surface area contributed by atoms with Crippen molar-refractivity contribution in [1.82, 2.24) is 0 Å². The number of benzene rings is 3. The predicted molar refractivity (Wildman–Crippen MR) is 113 cm³/mol. The molecule has 0 aliphatic carbocycles. The molecule has 0 unspecified atom stereocenters. The van der Waals surface area contributed by atoms with Gasteiger partial charge in [0.25, 0.3) is 0 Å². The fraction of sp³-hybridized carbons (Fsp3) is 0.0909. The second-order valence-corrected chi connectivity index (χ2v) is 7.85. The Morgan fingerprint density at radius 3 is 2.63 bits per heavy atom. The Morgan fingerprint density at radius 2 is 1.90 bits per heavy atom. The minimum Gasteiger partial charge on any atom is -0.482 e. The summed E-state index contributed by atoms with van der Waals surface area (Å²) in [5.41, 5.74) is 2.28. The Bertz CT molecular complexity index is 1290. The van der Waals surface area contributed by atoms with Crippen molar-refractivity contribution in [2.75, 3.05) is 6.61 Å². The number of aryl methyl sites for hydroxylation is 1. The maximum atomic E-state index is 13.3. The quantitative estimate of drug-likeness (QED) is 0.296. The summed E-state index contributed by atoms with van der Waals surface area (Å²) in [5, 5.41) is 0.572. The van der Waals surface area contributed by atoms with Crippen molar-refractivity contribution >= 4 is 39.2 Å². The lowest BCUT2D eigenvalue weighted by molar-refractivity contribution is -0.136. The second-order valence-electron chi connectivity index (χ2n) is 6.43. The number of halogens is 2. The van der Waals surface area contributed by atoms with Gasteiger partial charge in [0.1, 0.15) is 17.3 Å². The number of fused-ring (bicyclic) bond motifs is 1. The van der Waals surface area contributed by atoms with E-state index in [1.807, 2.05) is 6.92 Å². The standard InChI is InChI=1S/C22H14ClFO5S/c1-12-8-14(23)4-7-18(12)27-11-20(25)28-16-9-17(13-2-5-15(24)6-3-13)21-19(10-16)30-22(26)29-21/h2-10H,11H2,1H3. The first-order valence-corrected chi connectivity index (χ1v) is 10.0. The summed E-state index contributed by atoms with van der Waals surface area (Å²) in [5.74, 6) is -0.268. The van der Waals surface area contributed by atoms with E-state index in [1.54, 1.807) is 42.5 Å². The minimum absolute atomic E-state index is 0.223. The lowest BCUT2D eigenvalue weighted by atomic mass is 10.0. The third-order valence-electron chi connectivity index (χ3n) is 4.28. The van der Waals surface area contributed by atoms with E-state index in [2.05, 4.69) is 0 Å². The highest BCUT2D eigenvalue weighted by Crippen LogP contribution is 2.34. The van der Waals surface area contributed by atoms with Gasteiger partial charge in [0.15, 0.2) is 12.2 Å². The Balaban J connectivity index is 1.58. The zero-order valence-corrected chi connectivity index (χ0v) is 17.2. The molecular formula is C22H14ClFO5S. The van der Waals surface area contributed by atoms with Gasteiger partial charge in [0.05, 0.1) is 4.70 Å². The van der Waals surface area contributed by atoms with Crippen LogP contribution >= 0.6 is 22.9 Å². The normalized spacial score (nSPS) is 10.9. The van der Waals surface area contributed by atoms with Crippen LogP contribution in [0.2, 0.25) is 5.02 Å². The van der Waals surface area contributed by atoms with Gasteiger partial charge in [-0.15, -0.1) is 0 Å². The summed E-state index contributed by atoms with van der Waals surface area (Å²) in [6.45, 7) is 1.50. The molecule has 152 valence electrons. The molecule has 8 heteroatoms. The molecule has 0 N–H and O–H groups in total. The molecule has 3 aromatic carbocycles. The maximum Gasteiger partial charge on any atom is 0.396 e. The predicted octanol–water partition coefficient (Wildman–Crippen LogP) is 5.61. The summed E-state index contributed by atoms with van der Waals surface area (Å²) >= 11 is 6.80. The van der Waals surface area contributed by atoms with Crippen molar-refractivity contribution in [2.24, 2.45) is 0 Å². The smallest absolute Gasteiger partial charge is 0.396 e. The molecule has 0 radical (unpaired) electrons. The van der Waals surface area contributed by atoms with Gasteiger partial charge in [-0.3, -0.25) is 0 Å². The third kappa shape index (κ3) is 4.37. The Hall–Kier alpha value is -3.16. The summed E-state index contributed by atoms with van der Waals surface area (Å²) < 4.78 is 30.0. The van der Waals surface area contributed by atoms with Crippen LogP contribution in [0.3, 0.4) is 0 Å². The van der Waals surface area contributed by atoms with Crippen molar-refractivity contribution in [3.63, 3.8) is 0 Å². The van der Waals surface area contributed by atoms with E-state index in [4.69, 9.17) is 25.5 Å². The van der Waals surface area contributed by atoms with E-state index in [-0.39, 0.29) is 18.2 Å². The van der Waals surface area contributed by atoms with Crippen molar-refractivity contribution in [3.05, 3.63) is 80.7 Å². The zero-order chi connectivity index (χ0) is 21.3. The second kappa shape index (κ2) is 8.30. The average Bonchev–Trinajstić information content (AvgIpc) is 3.07. The highest BCUT2D eigenvalue weighted by atomic mass is 35.5. The molecule has 0 fully saturated rings. The van der Waals surface area contributed by atoms with Crippen LogP contribution in [0.4, 0.5) is 4.39 Å². The lowest BCUT2D eigenvalue weighted by Gasteiger charge is -2.10. The Labute approximate surface area is 179 Å². The number of hydrogen-bond donors (Lipinski definition) is 0. The van der Waals surface area contributed by atoms with Gasteiger partial charge in [-0.1, -0.05) is 35.1 Å². The van der Waals surface area contributed by atoms with E-state index in [0.29, 0.717) is 32.2 Å². The van der Waals surface area contributed by atoms with E-state index in [1.165, 1.54) is 12.1 Å². The molecule has 30 heavy (non-hydrogen) atoms. The summed E-state index contributed by atoms with van der Waals surface area (Å²) in [7, 11) is 0. The first-order valence-electron chi connectivity index (χ1n) is 8.82.